The van der Waals surface area contributed by atoms with Crippen molar-refractivity contribution in [2.45, 2.75) is 26.2 Å². The van der Waals surface area contributed by atoms with Crippen molar-refractivity contribution in [3.8, 4) is 23.1 Å². The zero-order chi connectivity index (χ0) is 22.5. The molecular weight excluding hydrogens is 408 g/mol. The summed E-state index contributed by atoms with van der Waals surface area (Å²) in [6.45, 7) is 2.65. The van der Waals surface area contributed by atoms with Crippen molar-refractivity contribution in [3.05, 3.63) is 47.9 Å². The molecule has 4 rings (SSSR count). The van der Waals surface area contributed by atoms with E-state index in [1.54, 1.807) is 31.6 Å². The molecule has 166 valence electrons. The topological polar surface area (TPSA) is 102 Å². The third-order valence-electron chi connectivity index (χ3n) is 5.15. The highest BCUT2D eigenvalue weighted by Gasteiger charge is 2.23. The van der Waals surface area contributed by atoms with Gasteiger partial charge in [-0.25, -0.2) is 15.0 Å². The molecule has 0 aromatic carbocycles. The Morgan fingerprint density at radius 3 is 2.81 bits per heavy atom. The molecule has 0 atom stereocenters. The Kier molecular flexibility index (Phi) is 6.44. The van der Waals surface area contributed by atoms with E-state index in [1.165, 1.54) is 0 Å². The van der Waals surface area contributed by atoms with Gasteiger partial charge in [-0.2, -0.15) is 0 Å². The third-order valence-corrected chi connectivity index (χ3v) is 5.15. The third kappa shape index (κ3) is 4.77. The van der Waals surface area contributed by atoms with Gasteiger partial charge in [0.1, 0.15) is 17.3 Å². The number of nitrogens with zero attached hydrogens (tertiary/aromatic N) is 5. The number of anilines is 2. The molecule has 1 aliphatic rings. The normalized spacial score (nSPS) is 12.2. The van der Waals surface area contributed by atoms with Crippen molar-refractivity contribution in [1.82, 2.24) is 19.9 Å². The number of ether oxygens (including phenoxy) is 2. The summed E-state index contributed by atoms with van der Waals surface area (Å²) < 4.78 is 10.6. The molecular formula is C23H26N6O3. The molecule has 0 aliphatic heterocycles. The van der Waals surface area contributed by atoms with E-state index in [0.29, 0.717) is 29.7 Å². The molecule has 3 aromatic heterocycles. The van der Waals surface area contributed by atoms with Crippen LogP contribution in [0.4, 0.5) is 11.5 Å². The molecule has 0 radical (unpaired) electrons. The van der Waals surface area contributed by atoms with E-state index >= 15 is 0 Å². The van der Waals surface area contributed by atoms with E-state index < -0.39 is 0 Å². The van der Waals surface area contributed by atoms with Gasteiger partial charge < -0.3 is 19.7 Å². The van der Waals surface area contributed by atoms with Gasteiger partial charge in [0.2, 0.25) is 11.8 Å². The zero-order valence-corrected chi connectivity index (χ0v) is 18.5. The summed E-state index contributed by atoms with van der Waals surface area (Å²) in [6.07, 6.45) is 6.06. The molecule has 9 nitrogen and oxygen atoms in total. The van der Waals surface area contributed by atoms with Crippen LogP contribution >= 0.6 is 0 Å². The van der Waals surface area contributed by atoms with E-state index in [1.807, 2.05) is 31.0 Å². The average Bonchev–Trinajstić information content (AvgIpc) is 3.28. The lowest BCUT2D eigenvalue weighted by atomic mass is 10.2. The number of amides is 1. The Morgan fingerprint density at radius 1 is 1.19 bits per heavy atom. The number of rotatable bonds is 8. The first-order valence-corrected chi connectivity index (χ1v) is 10.6. The summed E-state index contributed by atoms with van der Waals surface area (Å²) in [5, 5.41) is 2.86. The standard InChI is InChI=1S/C23H26N6O3/c1-4-32-16-10-11-24-19(12-16)22-27-18-7-5-6-17(18)23(28-22)29(2)14-20(30)26-15-8-9-21(31-3)25-13-15/h8-13H,4-7,14H2,1-3H3,(H,26,30). The first-order valence-electron chi connectivity index (χ1n) is 10.6. The second-order valence-electron chi connectivity index (χ2n) is 7.45. The number of hydrogen-bond acceptors (Lipinski definition) is 8. The van der Waals surface area contributed by atoms with Gasteiger partial charge in [-0.15, -0.1) is 0 Å². The minimum absolute atomic E-state index is 0.140. The van der Waals surface area contributed by atoms with Crippen molar-refractivity contribution >= 4 is 17.4 Å². The van der Waals surface area contributed by atoms with Crippen LogP contribution in [-0.4, -0.2) is 53.2 Å². The van der Waals surface area contributed by atoms with Gasteiger partial charge in [0.05, 0.1) is 32.1 Å². The molecule has 0 saturated carbocycles. The summed E-state index contributed by atoms with van der Waals surface area (Å²) in [4.78, 5) is 32.6. The lowest BCUT2D eigenvalue weighted by molar-refractivity contribution is -0.114. The maximum absolute atomic E-state index is 12.6. The number of carbonyl (C=O) groups is 1. The maximum atomic E-state index is 12.6. The molecule has 0 bridgehead atoms. The van der Waals surface area contributed by atoms with Gasteiger partial charge in [0.15, 0.2) is 5.82 Å². The smallest absolute Gasteiger partial charge is 0.243 e. The van der Waals surface area contributed by atoms with Crippen LogP contribution in [-0.2, 0) is 17.6 Å². The van der Waals surface area contributed by atoms with Crippen molar-refractivity contribution in [3.63, 3.8) is 0 Å². The monoisotopic (exact) mass is 434 g/mol. The average molecular weight is 435 g/mol. The SMILES string of the molecule is CCOc1ccnc(-c2nc3c(c(N(C)CC(=O)Nc4ccc(OC)nc4)n2)CCC3)c1. The largest absolute Gasteiger partial charge is 0.494 e. The van der Waals surface area contributed by atoms with E-state index in [9.17, 15) is 4.79 Å². The zero-order valence-electron chi connectivity index (χ0n) is 18.5. The molecule has 1 N–H and O–H groups in total. The fraction of sp³-hybridized carbons (Fsp3) is 0.348. The summed E-state index contributed by atoms with van der Waals surface area (Å²) in [5.41, 5.74) is 3.36. The predicted octanol–water partition coefficient (Wildman–Crippen LogP) is 2.90. The number of pyridine rings is 2. The Hall–Kier alpha value is -3.75. The maximum Gasteiger partial charge on any atom is 0.243 e. The van der Waals surface area contributed by atoms with Crippen molar-refractivity contribution in [2.24, 2.45) is 0 Å². The fourth-order valence-electron chi connectivity index (χ4n) is 3.70. The molecule has 3 heterocycles. The first kappa shape index (κ1) is 21.5. The van der Waals surface area contributed by atoms with Crippen LogP contribution in [0.5, 0.6) is 11.6 Å². The van der Waals surface area contributed by atoms with Crippen molar-refractivity contribution in [2.75, 3.05) is 37.5 Å². The Balaban J connectivity index is 1.55. The number of likely N-dealkylation sites (N-methyl/N-ethyl adjacent to an activating group) is 1. The van der Waals surface area contributed by atoms with Crippen LogP contribution in [0.3, 0.4) is 0 Å². The van der Waals surface area contributed by atoms with E-state index in [-0.39, 0.29) is 12.5 Å². The van der Waals surface area contributed by atoms with Crippen LogP contribution in [0.25, 0.3) is 11.5 Å². The Bertz CT molecular complexity index is 1100. The molecule has 0 spiro atoms. The highest BCUT2D eigenvalue weighted by Crippen LogP contribution is 2.31. The number of nitrogens with one attached hydrogen (secondary N) is 1. The number of carbonyl (C=O) groups excluding carboxylic acids is 1. The lowest BCUT2D eigenvalue weighted by Gasteiger charge is -2.21. The van der Waals surface area contributed by atoms with Crippen molar-refractivity contribution in [1.29, 1.82) is 0 Å². The molecule has 32 heavy (non-hydrogen) atoms. The summed E-state index contributed by atoms with van der Waals surface area (Å²) in [6, 6.07) is 7.10. The van der Waals surface area contributed by atoms with Gasteiger partial charge >= 0.3 is 0 Å². The molecule has 9 heteroatoms. The predicted molar refractivity (Wildman–Crippen MR) is 121 cm³/mol. The second kappa shape index (κ2) is 9.59. The summed E-state index contributed by atoms with van der Waals surface area (Å²) >= 11 is 0. The Morgan fingerprint density at radius 2 is 2.06 bits per heavy atom. The van der Waals surface area contributed by atoms with Crippen LogP contribution in [0.15, 0.2) is 36.7 Å². The van der Waals surface area contributed by atoms with Gasteiger partial charge in [0.25, 0.3) is 0 Å². The second-order valence-corrected chi connectivity index (χ2v) is 7.45. The van der Waals surface area contributed by atoms with Gasteiger partial charge in [-0.3, -0.25) is 9.78 Å². The molecule has 0 unspecified atom stereocenters. The minimum Gasteiger partial charge on any atom is -0.494 e. The fourth-order valence-corrected chi connectivity index (χ4v) is 3.70. The van der Waals surface area contributed by atoms with E-state index in [2.05, 4.69) is 15.3 Å². The van der Waals surface area contributed by atoms with E-state index in [0.717, 1.165) is 42.1 Å². The van der Waals surface area contributed by atoms with Crippen LogP contribution in [0, 0.1) is 0 Å². The summed E-state index contributed by atoms with van der Waals surface area (Å²) in [5.74, 6) is 2.35. The number of hydrogen-bond donors (Lipinski definition) is 1. The number of aryl methyl sites for hydroxylation is 1. The van der Waals surface area contributed by atoms with Gasteiger partial charge in [-0.05, 0) is 38.3 Å². The quantitative estimate of drug-likeness (QED) is 0.577. The highest BCUT2D eigenvalue weighted by molar-refractivity contribution is 5.93. The minimum atomic E-state index is -0.164. The highest BCUT2D eigenvalue weighted by atomic mass is 16.5. The first-order chi connectivity index (χ1) is 15.6. The van der Waals surface area contributed by atoms with Crippen molar-refractivity contribution < 1.29 is 14.3 Å². The van der Waals surface area contributed by atoms with Crippen LogP contribution in [0.1, 0.15) is 24.6 Å². The van der Waals surface area contributed by atoms with Crippen LogP contribution < -0.4 is 19.7 Å². The Labute approximate surface area is 186 Å². The molecule has 1 aliphatic carbocycles. The van der Waals surface area contributed by atoms with Crippen LogP contribution in [0.2, 0.25) is 0 Å². The molecule has 0 saturated heterocycles. The molecule has 0 fully saturated rings. The molecule has 3 aromatic rings. The number of aromatic nitrogens is 4. The van der Waals surface area contributed by atoms with E-state index in [4.69, 9.17) is 19.4 Å². The lowest BCUT2D eigenvalue weighted by Crippen LogP contribution is -2.31. The number of fused-ring (bicyclic) bond motifs is 1. The summed E-state index contributed by atoms with van der Waals surface area (Å²) in [7, 11) is 3.41. The number of methoxy groups -OCH3 is 1. The van der Waals surface area contributed by atoms with Gasteiger partial charge in [0, 0.05) is 36.6 Å². The molecule has 1 amide bonds. The van der Waals surface area contributed by atoms with Gasteiger partial charge in [-0.1, -0.05) is 0 Å².